The molecule has 25 heavy (non-hydrogen) atoms. The zero-order valence-corrected chi connectivity index (χ0v) is 13.5. The molecule has 0 saturated carbocycles. The first-order chi connectivity index (χ1) is 11.9. The Morgan fingerprint density at radius 3 is 2.40 bits per heavy atom. The summed E-state index contributed by atoms with van der Waals surface area (Å²) in [4.78, 5) is 14.2. The Kier molecular flexibility index (Phi) is 4.94. The van der Waals surface area contributed by atoms with Crippen LogP contribution in [0.15, 0.2) is 41.2 Å². The zero-order valence-electron chi connectivity index (χ0n) is 13.5. The SMILES string of the molecule is O=c1cc(C(F)(F)F)n(C/C=C/CN2CCCC2)c2ccc(F)cc12. The lowest BCUT2D eigenvalue weighted by atomic mass is 10.1. The molecule has 1 aromatic carbocycles. The second kappa shape index (κ2) is 7.00. The fourth-order valence-electron chi connectivity index (χ4n) is 3.15. The zero-order chi connectivity index (χ0) is 18.0. The number of allylic oxidation sites excluding steroid dienone is 1. The number of fused-ring (bicyclic) bond motifs is 1. The summed E-state index contributed by atoms with van der Waals surface area (Å²) in [6.45, 7) is 2.65. The molecule has 0 N–H and O–H groups in total. The summed E-state index contributed by atoms with van der Waals surface area (Å²) in [5.41, 5.74) is -1.78. The van der Waals surface area contributed by atoms with Crippen molar-refractivity contribution in [3.05, 3.63) is 58.2 Å². The third-order valence-corrected chi connectivity index (χ3v) is 4.38. The molecule has 0 amide bonds. The van der Waals surface area contributed by atoms with Crippen molar-refractivity contribution in [3.8, 4) is 0 Å². The van der Waals surface area contributed by atoms with Gasteiger partial charge >= 0.3 is 6.18 Å². The normalized spacial score (nSPS) is 16.3. The summed E-state index contributed by atoms with van der Waals surface area (Å²) in [5.74, 6) is -0.652. The van der Waals surface area contributed by atoms with Gasteiger partial charge in [-0.15, -0.1) is 0 Å². The van der Waals surface area contributed by atoms with Crippen LogP contribution in [0.1, 0.15) is 18.5 Å². The Hall–Kier alpha value is -2.15. The molecule has 1 aliphatic heterocycles. The summed E-state index contributed by atoms with van der Waals surface area (Å²) >= 11 is 0. The number of alkyl halides is 3. The Morgan fingerprint density at radius 1 is 1.04 bits per heavy atom. The fourth-order valence-corrected chi connectivity index (χ4v) is 3.15. The second-order valence-corrected chi connectivity index (χ2v) is 6.14. The molecule has 7 heteroatoms. The van der Waals surface area contributed by atoms with Gasteiger partial charge in [0.15, 0.2) is 5.43 Å². The summed E-state index contributed by atoms with van der Waals surface area (Å²) in [5, 5.41) is -0.0547. The highest BCUT2D eigenvalue weighted by molar-refractivity contribution is 5.79. The first kappa shape index (κ1) is 17.7. The molecule has 0 aliphatic carbocycles. The van der Waals surface area contributed by atoms with Gasteiger partial charge < -0.3 is 4.57 Å². The average molecular weight is 354 g/mol. The van der Waals surface area contributed by atoms with E-state index in [1.165, 1.54) is 6.07 Å². The number of halogens is 4. The van der Waals surface area contributed by atoms with Crippen LogP contribution in [-0.2, 0) is 12.7 Å². The van der Waals surface area contributed by atoms with Crippen molar-refractivity contribution in [2.45, 2.75) is 25.6 Å². The van der Waals surface area contributed by atoms with E-state index in [1.807, 2.05) is 6.08 Å². The van der Waals surface area contributed by atoms with E-state index < -0.39 is 23.1 Å². The van der Waals surface area contributed by atoms with Gasteiger partial charge in [0.25, 0.3) is 0 Å². The van der Waals surface area contributed by atoms with Crippen LogP contribution >= 0.6 is 0 Å². The lowest BCUT2D eigenvalue weighted by Crippen LogP contribution is -2.21. The molecule has 2 aromatic rings. The molecule has 0 atom stereocenters. The number of hydrogen-bond donors (Lipinski definition) is 0. The summed E-state index contributed by atoms with van der Waals surface area (Å²) in [7, 11) is 0. The number of likely N-dealkylation sites (tertiary alicyclic amines) is 1. The second-order valence-electron chi connectivity index (χ2n) is 6.14. The van der Waals surface area contributed by atoms with Gasteiger partial charge in [-0.05, 0) is 44.1 Å². The van der Waals surface area contributed by atoms with Gasteiger partial charge in [-0.1, -0.05) is 12.2 Å². The average Bonchev–Trinajstić information content (AvgIpc) is 3.05. The van der Waals surface area contributed by atoms with Crippen molar-refractivity contribution in [2.75, 3.05) is 19.6 Å². The topological polar surface area (TPSA) is 25.2 Å². The predicted octanol–water partition coefficient (Wildman–Crippen LogP) is 3.81. The summed E-state index contributed by atoms with van der Waals surface area (Å²) in [6.07, 6.45) is 1.11. The third-order valence-electron chi connectivity index (χ3n) is 4.38. The monoisotopic (exact) mass is 354 g/mol. The molecular weight excluding hydrogens is 336 g/mol. The molecule has 3 rings (SSSR count). The summed E-state index contributed by atoms with van der Waals surface area (Å²) < 4.78 is 54.4. The van der Waals surface area contributed by atoms with Crippen molar-refractivity contribution in [1.29, 1.82) is 0 Å². The van der Waals surface area contributed by atoms with E-state index in [0.717, 1.165) is 42.6 Å². The summed E-state index contributed by atoms with van der Waals surface area (Å²) in [6, 6.07) is 3.79. The lowest BCUT2D eigenvalue weighted by Gasteiger charge is -2.17. The number of benzene rings is 1. The van der Waals surface area contributed by atoms with E-state index in [-0.39, 0.29) is 17.4 Å². The third kappa shape index (κ3) is 3.92. The number of aromatic nitrogens is 1. The van der Waals surface area contributed by atoms with Crippen LogP contribution in [0.5, 0.6) is 0 Å². The van der Waals surface area contributed by atoms with Crippen molar-refractivity contribution in [2.24, 2.45) is 0 Å². The molecule has 3 nitrogen and oxygen atoms in total. The van der Waals surface area contributed by atoms with Crippen molar-refractivity contribution >= 4 is 10.9 Å². The molecule has 1 aliphatic rings. The van der Waals surface area contributed by atoms with Crippen LogP contribution in [0.2, 0.25) is 0 Å². The van der Waals surface area contributed by atoms with Crippen LogP contribution < -0.4 is 5.43 Å². The van der Waals surface area contributed by atoms with E-state index in [9.17, 15) is 22.4 Å². The largest absolute Gasteiger partial charge is 0.431 e. The van der Waals surface area contributed by atoms with Crippen molar-refractivity contribution in [1.82, 2.24) is 9.47 Å². The van der Waals surface area contributed by atoms with E-state index >= 15 is 0 Å². The van der Waals surface area contributed by atoms with Gasteiger partial charge in [0.1, 0.15) is 11.5 Å². The first-order valence-corrected chi connectivity index (χ1v) is 8.14. The van der Waals surface area contributed by atoms with Crippen molar-refractivity contribution < 1.29 is 17.6 Å². The number of rotatable bonds is 4. The molecule has 1 saturated heterocycles. The molecule has 0 spiro atoms. The van der Waals surface area contributed by atoms with E-state index in [4.69, 9.17) is 0 Å². The molecule has 0 bridgehead atoms. The molecule has 0 unspecified atom stereocenters. The van der Waals surface area contributed by atoms with Gasteiger partial charge in [0.05, 0.1) is 5.52 Å². The predicted molar refractivity (Wildman–Crippen MR) is 88.0 cm³/mol. The Labute approximate surface area is 142 Å². The Morgan fingerprint density at radius 2 is 1.72 bits per heavy atom. The Balaban J connectivity index is 1.97. The molecule has 1 fully saturated rings. The first-order valence-electron chi connectivity index (χ1n) is 8.14. The highest BCUT2D eigenvalue weighted by Crippen LogP contribution is 2.30. The van der Waals surface area contributed by atoms with Gasteiger partial charge in [-0.2, -0.15) is 13.2 Å². The highest BCUT2D eigenvalue weighted by Gasteiger charge is 2.34. The van der Waals surface area contributed by atoms with E-state index in [2.05, 4.69) is 4.90 Å². The molecule has 0 radical (unpaired) electrons. The minimum absolute atomic E-state index is 0.0366. The quantitative estimate of drug-likeness (QED) is 0.616. The van der Waals surface area contributed by atoms with Crippen LogP contribution in [0.4, 0.5) is 17.6 Å². The van der Waals surface area contributed by atoms with Gasteiger partial charge in [-0.25, -0.2) is 4.39 Å². The minimum Gasteiger partial charge on any atom is -0.333 e. The van der Waals surface area contributed by atoms with Crippen molar-refractivity contribution in [3.63, 3.8) is 0 Å². The maximum absolute atomic E-state index is 13.4. The maximum atomic E-state index is 13.4. The van der Waals surface area contributed by atoms with Crippen LogP contribution in [0.3, 0.4) is 0 Å². The van der Waals surface area contributed by atoms with Gasteiger partial charge in [0, 0.05) is 24.5 Å². The van der Waals surface area contributed by atoms with Gasteiger partial charge in [0.2, 0.25) is 0 Å². The standard InChI is InChI=1S/C18H18F4N2O/c19-13-5-6-15-14(11-13)16(25)12-17(18(20,21)22)24(15)10-4-3-9-23-7-1-2-8-23/h3-6,11-12H,1-2,7-10H2/b4-3+. The molecule has 1 aromatic heterocycles. The number of nitrogens with zero attached hydrogens (tertiary/aromatic N) is 2. The van der Waals surface area contributed by atoms with Crippen LogP contribution in [0, 0.1) is 5.82 Å². The van der Waals surface area contributed by atoms with E-state index in [1.54, 1.807) is 6.08 Å². The fraction of sp³-hybridized carbons (Fsp3) is 0.389. The van der Waals surface area contributed by atoms with Gasteiger partial charge in [-0.3, -0.25) is 9.69 Å². The maximum Gasteiger partial charge on any atom is 0.431 e. The smallest absolute Gasteiger partial charge is 0.333 e. The lowest BCUT2D eigenvalue weighted by molar-refractivity contribution is -0.143. The number of pyridine rings is 1. The minimum atomic E-state index is -4.66. The molecular formula is C18H18F4N2O. The van der Waals surface area contributed by atoms with Crippen LogP contribution in [-0.4, -0.2) is 29.1 Å². The Bertz CT molecular complexity index is 849. The molecule has 2 heterocycles. The number of hydrogen-bond acceptors (Lipinski definition) is 2. The molecule has 134 valence electrons. The van der Waals surface area contributed by atoms with Crippen LogP contribution in [0.25, 0.3) is 10.9 Å². The van der Waals surface area contributed by atoms with E-state index in [0.29, 0.717) is 12.6 Å². The highest BCUT2D eigenvalue weighted by atomic mass is 19.4.